The van der Waals surface area contributed by atoms with E-state index in [0.29, 0.717) is 12.8 Å². The molecule has 0 aromatic heterocycles. The Morgan fingerprint density at radius 2 is 1.74 bits per heavy atom. The van der Waals surface area contributed by atoms with Crippen LogP contribution in [0.25, 0.3) is 0 Å². The average Bonchev–Trinajstić information content (AvgIpc) is 2.76. The molecular weight excluding hydrogens is 446 g/mol. The van der Waals surface area contributed by atoms with Crippen LogP contribution in [0.1, 0.15) is 38.7 Å². The van der Waals surface area contributed by atoms with E-state index >= 15 is 0 Å². The zero-order chi connectivity index (χ0) is 25.7. The quantitative estimate of drug-likeness (QED) is 0.237. The summed E-state index contributed by atoms with van der Waals surface area (Å²) in [5.41, 5.74) is 6.55. The molecule has 0 heterocycles. The number of guanidine groups is 1. The van der Waals surface area contributed by atoms with E-state index in [2.05, 4.69) is 10.3 Å². The highest BCUT2D eigenvalue weighted by molar-refractivity contribution is 5.99. The van der Waals surface area contributed by atoms with Crippen molar-refractivity contribution >= 4 is 35.7 Å². The molecule has 0 aliphatic carbocycles. The molecule has 1 aromatic carbocycles. The van der Waals surface area contributed by atoms with Gasteiger partial charge in [0, 0.05) is 27.4 Å². The number of carboxylic acid groups (broad SMARTS) is 1. The molecule has 0 radical (unpaired) electrons. The third-order valence-corrected chi connectivity index (χ3v) is 4.74. The SMILES string of the molecule is CC(=O)N(C)CC(=O)NC(CCCCN(C(C)=O)C(N)=NC(=O)OCc1ccccc1)C(=O)O. The number of likely N-dealkylation sites (N-methyl/N-ethyl adjacent to an activating group) is 1. The molecule has 0 aliphatic rings. The Labute approximate surface area is 197 Å². The molecule has 12 heteroatoms. The van der Waals surface area contributed by atoms with E-state index in [1.807, 2.05) is 6.07 Å². The van der Waals surface area contributed by atoms with Crippen molar-refractivity contribution in [3.05, 3.63) is 35.9 Å². The molecule has 0 spiro atoms. The molecule has 12 nitrogen and oxygen atoms in total. The number of aliphatic imine (C=N–C) groups is 1. The minimum atomic E-state index is -1.22. The molecule has 4 amide bonds. The maximum Gasteiger partial charge on any atom is 0.437 e. The molecule has 0 bridgehead atoms. The van der Waals surface area contributed by atoms with Crippen LogP contribution in [-0.4, -0.2) is 76.8 Å². The number of ether oxygens (including phenoxy) is 1. The van der Waals surface area contributed by atoms with E-state index < -0.39 is 29.9 Å². The Bertz CT molecular complexity index is 904. The third-order valence-electron chi connectivity index (χ3n) is 4.74. The lowest BCUT2D eigenvalue weighted by Gasteiger charge is -2.21. The number of nitrogens with zero attached hydrogens (tertiary/aromatic N) is 3. The highest BCUT2D eigenvalue weighted by Gasteiger charge is 2.21. The lowest BCUT2D eigenvalue weighted by Crippen LogP contribution is -2.45. The van der Waals surface area contributed by atoms with Gasteiger partial charge in [-0.3, -0.25) is 19.3 Å². The minimum Gasteiger partial charge on any atom is -0.480 e. The zero-order valence-electron chi connectivity index (χ0n) is 19.5. The fourth-order valence-electron chi connectivity index (χ4n) is 2.78. The molecule has 4 N–H and O–H groups in total. The average molecular weight is 478 g/mol. The van der Waals surface area contributed by atoms with E-state index in [1.165, 1.54) is 20.9 Å². The fourth-order valence-corrected chi connectivity index (χ4v) is 2.78. The first-order chi connectivity index (χ1) is 16.0. The second-order valence-electron chi connectivity index (χ2n) is 7.51. The highest BCUT2D eigenvalue weighted by Crippen LogP contribution is 2.06. The monoisotopic (exact) mass is 477 g/mol. The lowest BCUT2D eigenvalue weighted by molar-refractivity contribution is -0.142. The van der Waals surface area contributed by atoms with Gasteiger partial charge < -0.3 is 25.8 Å². The van der Waals surface area contributed by atoms with Crippen LogP contribution in [0.2, 0.25) is 0 Å². The maximum atomic E-state index is 11.9. The van der Waals surface area contributed by atoms with Crippen molar-refractivity contribution in [1.29, 1.82) is 0 Å². The Balaban J connectivity index is 2.55. The van der Waals surface area contributed by atoms with Crippen molar-refractivity contribution in [3.8, 4) is 0 Å². The van der Waals surface area contributed by atoms with Crippen molar-refractivity contribution in [2.75, 3.05) is 20.1 Å². The molecule has 0 saturated carbocycles. The molecule has 34 heavy (non-hydrogen) atoms. The van der Waals surface area contributed by atoms with E-state index in [-0.39, 0.29) is 38.0 Å². The summed E-state index contributed by atoms with van der Waals surface area (Å²) in [7, 11) is 1.43. The minimum absolute atomic E-state index is 0.00102. The second-order valence-corrected chi connectivity index (χ2v) is 7.51. The maximum absolute atomic E-state index is 11.9. The van der Waals surface area contributed by atoms with Crippen LogP contribution >= 0.6 is 0 Å². The second kappa shape index (κ2) is 14.2. The van der Waals surface area contributed by atoms with Gasteiger partial charge in [-0.1, -0.05) is 30.3 Å². The summed E-state index contributed by atoms with van der Waals surface area (Å²) in [6, 6.07) is 7.81. The zero-order valence-corrected chi connectivity index (χ0v) is 19.5. The highest BCUT2D eigenvalue weighted by atomic mass is 16.5. The van der Waals surface area contributed by atoms with Crippen molar-refractivity contribution in [1.82, 2.24) is 15.1 Å². The molecule has 1 aromatic rings. The number of benzene rings is 1. The number of nitrogens with one attached hydrogen (secondary N) is 1. The van der Waals surface area contributed by atoms with Crippen LogP contribution < -0.4 is 11.1 Å². The fraction of sp³-hybridized carbons (Fsp3) is 0.455. The molecule has 186 valence electrons. The number of hydrogen-bond acceptors (Lipinski definition) is 6. The number of amides is 4. The number of hydrogen-bond donors (Lipinski definition) is 3. The summed E-state index contributed by atoms with van der Waals surface area (Å²) in [6.45, 7) is 2.37. The molecule has 1 atom stereocenters. The van der Waals surface area contributed by atoms with Crippen molar-refractivity contribution in [2.45, 2.75) is 45.8 Å². The van der Waals surface area contributed by atoms with Crippen LogP contribution in [-0.2, 0) is 30.5 Å². The molecular formula is C22H31N5O7. The molecule has 1 unspecified atom stereocenters. The van der Waals surface area contributed by atoms with E-state index in [9.17, 15) is 29.1 Å². The number of rotatable bonds is 11. The summed E-state index contributed by atoms with van der Waals surface area (Å²) in [5, 5.41) is 11.7. The van der Waals surface area contributed by atoms with Crippen LogP contribution in [0.5, 0.6) is 0 Å². The van der Waals surface area contributed by atoms with E-state index in [1.54, 1.807) is 24.3 Å². The lowest BCUT2D eigenvalue weighted by atomic mass is 10.1. The summed E-state index contributed by atoms with van der Waals surface area (Å²) in [6.07, 6.45) is -0.194. The molecule has 1 rings (SSSR count). The molecule has 0 aliphatic heterocycles. The van der Waals surface area contributed by atoms with E-state index in [0.717, 1.165) is 15.4 Å². The van der Waals surface area contributed by atoms with Crippen LogP contribution in [0.4, 0.5) is 4.79 Å². The standard InChI is InChI=1S/C22H31N5O7/c1-15(28)26(3)13-19(30)24-18(20(31)32)11-7-8-12-27(16(2)29)21(23)25-22(33)34-14-17-9-5-4-6-10-17/h4-6,9-10,18H,7-8,11-14H2,1-3H3,(H,24,30)(H,31,32)(H2,23,25,33). The smallest absolute Gasteiger partial charge is 0.437 e. The number of carboxylic acids is 1. The molecule has 0 saturated heterocycles. The predicted molar refractivity (Wildman–Crippen MR) is 122 cm³/mol. The van der Waals surface area contributed by atoms with Gasteiger partial charge in [-0.05, 0) is 24.8 Å². The van der Waals surface area contributed by atoms with Crippen molar-refractivity contribution < 1.29 is 33.8 Å². The van der Waals surface area contributed by atoms with Gasteiger partial charge in [-0.2, -0.15) is 0 Å². The van der Waals surface area contributed by atoms with E-state index in [4.69, 9.17) is 10.5 Å². The Kier molecular flexibility index (Phi) is 11.8. The van der Waals surface area contributed by atoms with Crippen LogP contribution in [0.3, 0.4) is 0 Å². The van der Waals surface area contributed by atoms with Gasteiger partial charge in [-0.15, -0.1) is 4.99 Å². The van der Waals surface area contributed by atoms with Gasteiger partial charge in [0.15, 0.2) is 0 Å². The summed E-state index contributed by atoms with van der Waals surface area (Å²) in [5.74, 6) is -2.92. The topological polar surface area (TPSA) is 172 Å². The van der Waals surface area contributed by atoms with Gasteiger partial charge in [0.25, 0.3) is 0 Å². The first kappa shape index (κ1) is 28.1. The predicted octanol–water partition coefficient (Wildman–Crippen LogP) is 0.704. The van der Waals surface area contributed by atoms with Crippen molar-refractivity contribution in [2.24, 2.45) is 10.7 Å². The number of carbonyl (C=O) groups is 5. The number of unbranched alkanes of at least 4 members (excludes halogenated alkanes) is 1. The molecule has 0 fully saturated rings. The first-order valence-electron chi connectivity index (χ1n) is 10.6. The van der Waals surface area contributed by atoms with Gasteiger partial charge >= 0.3 is 12.1 Å². The number of carbonyl (C=O) groups excluding carboxylic acids is 4. The summed E-state index contributed by atoms with van der Waals surface area (Å²) >= 11 is 0. The van der Waals surface area contributed by atoms with Gasteiger partial charge in [-0.25, -0.2) is 9.59 Å². The largest absolute Gasteiger partial charge is 0.480 e. The normalized spacial score (nSPS) is 11.8. The Hall–Kier alpha value is -3.96. The van der Waals surface area contributed by atoms with Crippen LogP contribution in [0, 0.1) is 0 Å². The number of aliphatic carboxylic acids is 1. The first-order valence-corrected chi connectivity index (χ1v) is 10.6. The van der Waals surface area contributed by atoms with Crippen molar-refractivity contribution in [3.63, 3.8) is 0 Å². The van der Waals surface area contributed by atoms with Gasteiger partial charge in [0.2, 0.25) is 23.7 Å². The number of nitrogens with two attached hydrogens (primary N) is 1. The Morgan fingerprint density at radius 1 is 1.09 bits per heavy atom. The Morgan fingerprint density at radius 3 is 2.29 bits per heavy atom. The van der Waals surface area contributed by atoms with Gasteiger partial charge in [0.05, 0.1) is 6.54 Å². The van der Waals surface area contributed by atoms with Gasteiger partial charge in [0.1, 0.15) is 12.6 Å². The summed E-state index contributed by atoms with van der Waals surface area (Å²) in [4.78, 5) is 64.2. The third kappa shape index (κ3) is 10.6. The van der Waals surface area contributed by atoms with Crippen LogP contribution in [0.15, 0.2) is 35.3 Å². The summed E-state index contributed by atoms with van der Waals surface area (Å²) < 4.78 is 5.02.